The molecule has 0 atom stereocenters. The minimum Gasteiger partial charge on any atom is -0.497 e. The Labute approximate surface area is 213 Å². The molecule has 0 amide bonds. The molecule has 0 N–H and O–H groups in total. The third kappa shape index (κ3) is 6.13. The van der Waals surface area contributed by atoms with E-state index in [2.05, 4.69) is 21.4 Å². The van der Waals surface area contributed by atoms with Crippen molar-refractivity contribution < 1.29 is 13.2 Å². The van der Waals surface area contributed by atoms with Gasteiger partial charge in [-0.05, 0) is 35.9 Å². The first-order valence-corrected chi connectivity index (χ1v) is 13.5. The predicted octanol–water partition coefficient (Wildman–Crippen LogP) is 4.42. The van der Waals surface area contributed by atoms with Crippen molar-refractivity contribution in [3.05, 3.63) is 103 Å². The fourth-order valence-electron chi connectivity index (χ4n) is 4.28. The molecule has 7 nitrogen and oxygen atoms in total. The molecule has 2 aromatic heterocycles. The van der Waals surface area contributed by atoms with Gasteiger partial charge in [-0.25, -0.2) is 17.4 Å². The van der Waals surface area contributed by atoms with E-state index >= 15 is 0 Å². The van der Waals surface area contributed by atoms with E-state index in [0.29, 0.717) is 0 Å². The van der Waals surface area contributed by atoms with Crippen molar-refractivity contribution in [2.24, 2.45) is 0 Å². The van der Waals surface area contributed by atoms with E-state index in [1.54, 1.807) is 13.3 Å². The maximum absolute atomic E-state index is 12.6. The first kappa shape index (κ1) is 25.5. The quantitative estimate of drug-likeness (QED) is 0.347. The van der Waals surface area contributed by atoms with Gasteiger partial charge in [0.2, 0.25) is 10.0 Å². The highest BCUT2D eigenvalue weighted by Crippen LogP contribution is 2.25. The summed E-state index contributed by atoms with van der Waals surface area (Å²) >= 11 is 0. The number of nitrogens with zero attached hydrogens (tertiary/aromatic N) is 4. The van der Waals surface area contributed by atoms with Gasteiger partial charge in [-0.2, -0.15) is 0 Å². The zero-order chi connectivity index (χ0) is 25.4. The van der Waals surface area contributed by atoms with Gasteiger partial charge >= 0.3 is 0 Å². The zero-order valence-corrected chi connectivity index (χ0v) is 21.3. The van der Waals surface area contributed by atoms with Crippen LogP contribution in [0.3, 0.4) is 0 Å². The number of anilines is 1. The Bertz CT molecular complexity index is 1360. The molecule has 0 spiro atoms. The number of hydrogen-bond acceptors (Lipinski definition) is 6. The predicted molar refractivity (Wildman–Crippen MR) is 146 cm³/mol. The number of aromatic nitrogens is 2. The molecule has 1 saturated heterocycles. The highest BCUT2D eigenvalue weighted by atomic mass is 32.2. The second kappa shape index (κ2) is 11.9. The van der Waals surface area contributed by atoms with E-state index in [4.69, 9.17) is 4.74 Å². The van der Waals surface area contributed by atoms with Gasteiger partial charge in [0.25, 0.3) is 0 Å². The minimum atomic E-state index is -3.44. The smallest absolute Gasteiger partial charge is 0.242 e. The van der Waals surface area contributed by atoms with Crippen LogP contribution < -0.4 is 9.64 Å². The topological polar surface area (TPSA) is 67.7 Å². The highest BCUT2D eigenvalue weighted by molar-refractivity contribution is 7.90. The summed E-state index contributed by atoms with van der Waals surface area (Å²) in [5.41, 5.74) is 1.76. The van der Waals surface area contributed by atoms with Crippen LogP contribution in [-0.4, -0.2) is 61.3 Å². The van der Waals surface area contributed by atoms with Crippen LogP contribution in [0.15, 0.2) is 97.8 Å². The molecule has 0 aliphatic carbocycles. The van der Waals surface area contributed by atoms with E-state index in [1.165, 1.54) is 10.0 Å². The van der Waals surface area contributed by atoms with Crippen molar-refractivity contribution >= 4 is 26.7 Å². The lowest BCUT2D eigenvalue weighted by Gasteiger charge is -2.35. The Morgan fingerprint density at radius 2 is 1.64 bits per heavy atom. The van der Waals surface area contributed by atoms with Gasteiger partial charge in [0.1, 0.15) is 11.6 Å². The summed E-state index contributed by atoms with van der Waals surface area (Å²) in [4.78, 5) is 9.08. The van der Waals surface area contributed by atoms with Gasteiger partial charge in [0.05, 0.1) is 18.4 Å². The third-order valence-corrected chi connectivity index (χ3v) is 7.67. The number of piperazine rings is 1. The molecule has 1 fully saturated rings. The Morgan fingerprint density at radius 3 is 2.28 bits per heavy atom. The lowest BCUT2D eigenvalue weighted by molar-refractivity contribution is 0.250. The highest BCUT2D eigenvalue weighted by Gasteiger charge is 2.22. The van der Waals surface area contributed by atoms with Gasteiger partial charge < -0.3 is 9.64 Å². The summed E-state index contributed by atoms with van der Waals surface area (Å²) in [6.45, 7) is 7.94. The van der Waals surface area contributed by atoms with Gasteiger partial charge in [-0.1, -0.05) is 48.5 Å². The van der Waals surface area contributed by atoms with Crippen molar-refractivity contribution in [1.29, 1.82) is 0 Å². The standard InChI is InChI=1S/C21H24N4O2S.C7H8O/c1-2-15-28(26,27)25-17-18(19-7-3-4-8-20(19)25)16-23-11-13-24(14-12-23)21-9-5-6-10-22-21;1-8-7-5-3-2-4-6-7/h2-10,17H,1,11-16H2;2-6H,1H3. The first-order valence-electron chi connectivity index (χ1n) is 11.9. The number of benzene rings is 2. The number of fused-ring (bicyclic) bond motifs is 1. The maximum Gasteiger partial charge on any atom is 0.242 e. The third-order valence-electron chi connectivity index (χ3n) is 6.11. The van der Waals surface area contributed by atoms with E-state index in [0.717, 1.165) is 60.8 Å². The largest absolute Gasteiger partial charge is 0.497 e. The SMILES string of the molecule is C=CCS(=O)(=O)n1cc(CN2CCN(c3ccccn3)CC2)c2ccccc21.COc1ccccc1. The Morgan fingerprint density at radius 1 is 0.944 bits per heavy atom. The minimum absolute atomic E-state index is 0.0755. The molecule has 1 aliphatic heterocycles. The molecule has 0 saturated carbocycles. The van der Waals surface area contributed by atoms with Crippen LogP contribution in [0.4, 0.5) is 5.82 Å². The van der Waals surface area contributed by atoms with Crippen molar-refractivity contribution in [2.75, 3.05) is 43.9 Å². The Hall–Kier alpha value is -3.62. The number of methoxy groups -OCH3 is 1. The molecule has 3 heterocycles. The second-order valence-electron chi connectivity index (χ2n) is 8.50. The summed E-state index contributed by atoms with van der Waals surface area (Å²) < 4.78 is 31.6. The molecule has 36 heavy (non-hydrogen) atoms. The number of para-hydroxylation sites is 2. The lowest BCUT2D eigenvalue weighted by atomic mass is 10.1. The van der Waals surface area contributed by atoms with E-state index in [-0.39, 0.29) is 5.75 Å². The van der Waals surface area contributed by atoms with E-state index < -0.39 is 10.0 Å². The first-order chi connectivity index (χ1) is 17.5. The van der Waals surface area contributed by atoms with Crippen molar-refractivity contribution in [3.63, 3.8) is 0 Å². The lowest BCUT2D eigenvalue weighted by Crippen LogP contribution is -2.46. The van der Waals surface area contributed by atoms with Gasteiger partial charge in [0.15, 0.2) is 0 Å². The molecule has 5 rings (SSSR count). The van der Waals surface area contributed by atoms with Crippen molar-refractivity contribution in [1.82, 2.24) is 13.9 Å². The van der Waals surface area contributed by atoms with Crippen LogP contribution >= 0.6 is 0 Å². The Kier molecular flexibility index (Phi) is 8.40. The number of ether oxygens (including phenoxy) is 1. The summed E-state index contributed by atoms with van der Waals surface area (Å²) in [6.07, 6.45) is 5.02. The average molecular weight is 505 g/mol. The molecular formula is C28H32N4O3S. The number of hydrogen-bond donors (Lipinski definition) is 0. The zero-order valence-electron chi connectivity index (χ0n) is 20.5. The summed E-state index contributed by atoms with van der Waals surface area (Å²) in [5.74, 6) is 1.84. The van der Waals surface area contributed by atoms with Gasteiger partial charge in [-0.15, -0.1) is 6.58 Å². The summed E-state index contributed by atoms with van der Waals surface area (Å²) in [5, 5.41) is 0.988. The molecule has 188 valence electrons. The number of pyridine rings is 1. The normalized spacial score (nSPS) is 14.2. The van der Waals surface area contributed by atoms with Crippen LogP contribution in [0.25, 0.3) is 10.9 Å². The molecule has 2 aromatic carbocycles. The van der Waals surface area contributed by atoms with Crippen LogP contribution in [0.2, 0.25) is 0 Å². The van der Waals surface area contributed by atoms with Gasteiger partial charge in [-0.3, -0.25) is 4.90 Å². The van der Waals surface area contributed by atoms with Crippen LogP contribution in [0, 0.1) is 0 Å². The van der Waals surface area contributed by atoms with E-state index in [9.17, 15) is 8.42 Å². The molecule has 0 unspecified atom stereocenters. The van der Waals surface area contributed by atoms with E-state index in [1.807, 2.05) is 79.0 Å². The van der Waals surface area contributed by atoms with Gasteiger partial charge in [0, 0.05) is 50.5 Å². The fraction of sp³-hybridized carbons (Fsp3) is 0.250. The van der Waals surface area contributed by atoms with Crippen molar-refractivity contribution in [2.45, 2.75) is 6.54 Å². The fourth-order valence-corrected chi connectivity index (χ4v) is 5.48. The molecule has 4 aromatic rings. The molecular weight excluding hydrogens is 472 g/mol. The molecule has 0 radical (unpaired) electrons. The molecule has 8 heteroatoms. The monoisotopic (exact) mass is 504 g/mol. The summed E-state index contributed by atoms with van der Waals surface area (Å²) in [6, 6.07) is 23.3. The maximum atomic E-state index is 12.6. The van der Waals surface area contributed by atoms with Crippen LogP contribution in [-0.2, 0) is 16.6 Å². The molecule has 1 aliphatic rings. The van der Waals surface area contributed by atoms with Crippen molar-refractivity contribution in [3.8, 4) is 5.75 Å². The molecule has 0 bridgehead atoms. The summed E-state index contributed by atoms with van der Waals surface area (Å²) in [7, 11) is -1.78. The average Bonchev–Trinajstić information content (AvgIpc) is 3.30. The second-order valence-corrected chi connectivity index (χ2v) is 10.4. The Balaban J connectivity index is 0.000000325. The van der Waals surface area contributed by atoms with Crippen LogP contribution in [0.5, 0.6) is 5.75 Å². The van der Waals surface area contributed by atoms with Crippen LogP contribution in [0.1, 0.15) is 5.56 Å². The number of rotatable bonds is 7.